The minimum Gasteiger partial charge on any atom is -0.495 e. The van der Waals surface area contributed by atoms with Crippen LogP contribution in [0.4, 0.5) is 11.4 Å². The topological polar surface area (TPSA) is 108 Å². The van der Waals surface area contributed by atoms with E-state index in [2.05, 4.69) is 26.1 Å². The second-order valence-corrected chi connectivity index (χ2v) is 5.51. The van der Waals surface area contributed by atoms with Crippen LogP contribution in [-0.4, -0.2) is 35.7 Å². The number of benzene rings is 1. The number of aromatic nitrogens is 2. The average Bonchev–Trinajstić information content (AvgIpc) is 2.98. The first-order valence-corrected chi connectivity index (χ1v) is 7.62. The molecule has 1 aromatic heterocycles. The van der Waals surface area contributed by atoms with Crippen molar-refractivity contribution in [1.29, 1.82) is 0 Å². The van der Waals surface area contributed by atoms with Crippen molar-refractivity contribution in [2.45, 2.75) is 19.9 Å². The molecule has 0 radical (unpaired) electrons. The molecule has 0 spiro atoms. The lowest BCUT2D eigenvalue weighted by Gasteiger charge is -2.14. The molecule has 0 saturated heterocycles. The zero-order chi connectivity index (χ0) is 17.1. The number of hydrogen-bond donors (Lipinski definition) is 4. The summed E-state index contributed by atoms with van der Waals surface area (Å²) in [5, 5.41) is 15.8. The highest BCUT2D eigenvalue weighted by molar-refractivity contribution is 6.04. The molecule has 0 fully saturated rings. The van der Waals surface area contributed by atoms with Crippen LogP contribution in [0.2, 0.25) is 0 Å². The van der Waals surface area contributed by atoms with Gasteiger partial charge >= 0.3 is 0 Å². The molecule has 1 aliphatic rings. The summed E-state index contributed by atoms with van der Waals surface area (Å²) in [5.74, 6) is 0.00362. The van der Waals surface area contributed by atoms with Crippen LogP contribution in [0.5, 0.6) is 5.75 Å². The summed E-state index contributed by atoms with van der Waals surface area (Å²) >= 11 is 0. The van der Waals surface area contributed by atoms with Gasteiger partial charge in [0, 0.05) is 43.4 Å². The molecule has 24 heavy (non-hydrogen) atoms. The fraction of sp³-hybridized carbons (Fsp3) is 0.312. The van der Waals surface area contributed by atoms with Gasteiger partial charge in [-0.05, 0) is 18.2 Å². The van der Waals surface area contributed by atoms with Crippen molar-refractivity contribution in [3.8, 4) is 5.75 Å². The Hall–Kier alpha value is -2.87. The van der Waals surface area contributed by atoms with Gasteiger partial charge < -0.3 is 20.7 Å². The van der Waals surface area contributed by atoms with Crippen LogP contribution in [-0.2, 0) is 17.8 Å². The van der Waals surface area contributed by atoms with Gasteiger partial charge in [-0.1, -0.05) is 0 Å². The number of nitrogens with zero attached hydrogens (tertiary/aromatic N) is 1. The predicted octanol–water partition coefficient (Wildman–Crippen LogP) is 1.27. The number of rotatable bonds is 4. The summed E-state index contributed by atoms with van der Waals surface area (Å²) in [6, 6.07) is 5.04. The third-order valence-corrected chi connectivity index (χ3v) is 3.79. The highest BCUT2D eigenvalue weighted by Crippen LogP contribution is 2.28. The lowest BCUT2D eigenvalue weighted by Crippen LogP contribution is -2.25. The summed E-state index contributed by atoms with van der Waals surface area (Å²) in [6.45, 7) is 2.90. The number of anilines is 2. The van der Waals surface area contributed by atoms with Gasteiger partial charge in [0.15, 0.2) is 5.69 Å². The first-order chi connectivity index (χ1) is 11.6. The first-order valence-electron chi connectivity index (χ1n) is 7.62. The number of H-pyrrole nitrogens is 1. The normalized spacial score (nSPS) is 13.1. The Bertz CT molecular complexity index is 784. The first kappa shape index (κ1) is 16.0. The van der Waals surface area contributed by atoms with E-state index in [-0.39, 0.29) is 11.8 Å². The van der Waals surface area contributed by atoms with Crippen LogP contribution in [0, 0.1) is 0 Å². The van der Waals surface area contributed by atoms with E-state index in [1.165, 1.54) is 14.0 Å². The standard InChI is InChI=1S/C16H19N5O3/c1-9(22)18-13-7-10(3-4-14(13)24-2)19-16(23)15-11-8-17-6-5-12(11)20-21-15/h3-4,7,17H,5-6,8H2,1-2H3,(H,18,22)(H,19,23)(H,20,21). The van der Waals surface area contributed by atoms with Crippen LogP contribution in [0.15, 0.2) is 18.2 Å². The van der Waals surface area contributed by atoms with E-state index >= 15 is 0 Å². The average molecular weight is 329 g/mol. The number of carbonyl (C=O) groups is 2. The lowest BCUT2D eigenvalue weighted by atomic mass is 10.1. The van der Waals surface area contributed by atoms with Crippen LogP contribution in [0.25, 0.3) is 0 Å². The minimum atomic E-state index is -0.296. The molecular formula is C16H19N5O3. The second-order valence-electron chi connectivity index (χ2n) is 5.51. The molecule has 0 unspecified atom stereocenters. The number of amides is 2. The van der Waals surface area contributed by atoms with E-state index in [0.29, 0.717) is 29.4 Å². The summed E-state index contributed by atoms with van der Waals surface area (Å²) in [6.07, 6.45) is 0.824. The number of aromatic amines is 1. The maximum atomic E-state index is 12.5. The molecule has 0 bridgehead atoms. The number of fused-ring (bicyclic) bond motifs is 1. The van der Waals surface area contributed by atoms with E-state index in [0.717, 1.165) is 24.2 Å². The summed E-state index contributed by atoms with van der Waals surface area (Å²) < 4.78 is 5.20. The molecule has 4 N–H and O–H groups in total. The Kier molecular flexibility index (Phi) is 4.48. The third-order valence-electron chi connectivity index (χ3n) is 3.79. The van der Waals surface area contributed by atoms with E-state index in [4.69, 9.17) is 4.74 Å². The van der Waals surface area contributed by atoms with Gasteiger partial charge in [-0.2, -0.15) is 5.10 Å². The van der Waals surface area contributed by atoms with Crippen LogP contribution < -0.4 is 20.7 Å². The number of methoxy groups -OCH3 is 1. The third kappa shape index (κ3) is 3.23. The van der Waals surface area contributed by atoms with Gasteiger partial charge in [-0.25, -0.2) is 0 Å². The van der Waals surface area contributed by atoms with E-state index in [1.54, 1.807) is 18.2 Å². The van der Waals surface area contributed by atoms with Crippen molar-refractivity contribution in [3.63, 3.8) is 0 Å². The van der Waals surface area contributed by atoms with Gasteiger partial charge in [-0.15, -0.1) is 0 Å². The Morgan fingerprint density at radius 3 is 2.88 bits per heavy atom. The molecule has 1 aliphatic heterocycles. The molecule has 126 valence electrons. The van der Waals surface area contributed by atoms with Crippen molar-refractivity contribution in [2.24, 2.45) is 0 Å². The van der Waals surface area contributed by atoms with Crippen molar-refractivity contribution in [3.05, 3.63) is 35.2 Å². The van der Waals surface area contributed by atoms with Crippen LogP contribution in [0.3, 0.4) is 0 Å². The SMILES string of the molecule is COc1ccc(NC(=O)c2n[nH]c3c2CNCC3)cc1NC(C)=O. The van der Waals surface area contributed by atoms with Gasteiger partial charge in [0.1, 0.15) is 5.75 Å². The Morgan fingerprint density at radius 2 is 2.12 bits per heavy atom. The summed E-state index contributed by atoms with van der Waals surface area (Å²) in [4.78, 5) is 23.8. The highest BCUT2D eigenvalue weighted by Gasteiger charge is 2.21. The van der Waals surface area contributed by atoms with Crippen molar-refractivity contribution in [2.75, 3.05) is 24.3 Å². The zero-order valence-corrected chi connectivity index (χ0v) is 13.5. The molecule has 2 aromatic rings. The second kappa shape index (κ2) is 6.71. The number of ether oxygens (including phenoxy) is 1. The molecule has 1 aromatic carbocycles. The molecule has 2 amide bonds. The predicted molar refractivity (Wildman–Crippen MR) is 89.2 cm³/mol. The maximum Gasteiger partial charge on any atom is 0.276 e. The van der Waals surface area contributed by atoms with Crippen LogP contribution >= 0.6 is 0 Å². The van der Waals surface area contributed by atoms with Crippen molar-refractivity contribution in [1.82, 2.24) is 15.5 Å². The van der Waals surface area contributed by atoms with Gasteiger partial charge in [0.05, 0.1) is 12.8 Å². The van der Waals surface area contributed by atoms with Crippen LogP contribution in [0.1, 0.15) is 28.7 Å². The largest absolute Gasteiger partial charge is 0.495 e. The molecular weight excluding hydrogens is 310 g/mol. The lowest BCUT2D eigenvalue weighted by molar-refractivity contribution is -0.114. The molecule has 0 aliphatic carbocycles. The molecule has 8 heteroatoms. The molecule has 8 nitrogen and oxygen atoms in total. The van der Waals surface area contributed by atoms with Crippen molar-refractivity contribution >= 4 is 23.2 Å². The Labute approximate surface area is 139 Å². The molecule has 2 heterocycles. The van der Waals surface area contributed by atoms with E-state index < -0.39 is 0 Å². The van der Waals surface area contributed by atoms with Gasteiger partial charge in [0.25, 0.3) is 5.91 Å². The van der Waals surface area contributed by atoms with Gasteiger partial charge in [-0.3, -0.25) is 14.7 Å². The Morgan fingerprint density at radius 1 is 1.29 bits per heavy atom. The highest BCUT2D eigenvalue weighted by atomic mass is 16.5. The summed E-state index contributed by atoms with van der Waals surface area (Å²) in [7, 11) is 1.52. The zero-order valence-electron chi connectivity index (χ0n) is 13.5. The Balaban J connectivity index is 1.81. The fourth-order valence-corrected chi connectivity index (χ4v) is 2.68. The number of nitrogens with one attached hydrogen (secondary N) is 4. The molecule has 0 atom stereocenters. The fourth-order valence-electron chi connectivity index (χ4n) is 2.68. The monoisotopic (exact) mass is 329 g/mol. The van der Waals surface area contributed by atoms with Crippen molar-refractivity contribution < 1.29 is 14.3 Å². The number of carbonyl (C=O) groups excluding carboxylic acids is 2. The number of hydrogen-bond acceptors (Lipinski definition) is 5. The minimum absolute atomic E-state index is 0.218. The smallest absolute Gasteiger partial charge is 0.276 e. The summed E-state index contributed by atoms with van der Waals surface area (Å²) in [5.41, 5.74) is 3.31. The molecule has 3 rings (SSSR count). The van der Waals surface area contributed by atoms with E-state index in [9.17, 15) is 9.59 Å². The van der Waals surface area contributed by atoms with Gasteiger partial charge in [0.2, 0.25) is 5.91 Å². The quantitative estimate of drug-likeness (QED) is 0.676. The van der Waals surface area contributed by atoms with E-state index in [1.807, 2.05) is 0 Å². The maximum absolute atomic E-state index is 12.5. The molecule has 0 saturated carbocycles.